The lowest BCUT2D eigenvalue weighted by molar-refractivity contribution is -0.384. The molecule has 2 N–H and O–H groups in total. The van der Waals surface area contributed by atoms with Gasteiger partial charge in [-0.05, 0) is 18.6 Å². The number of urea groups is 1. The van der Waals surface area contributed by atoms with E-state index in [9.17, 15) is 28.1 Å². The van der Waals surface area contributed by atoms with Gasteiger partial charge in [-0.3, -0.25) is 10.1 Å². The van der Waals surface area contributed by atoms with E-state index in [2.05, 4.69) is 0 Å². The van der Waals surface area contributed by atoms with Gasteiger partial charge in [0, 0.05) is 32.2 Å². The molecule has 1 heterocycles. The molecule has 1 fully saturated rings. The van der Waals surface area contributed by atoms with Crippen molar-refractivity contribution in [2.24, 2.45) is 5.73 Å². The maximum Gasteiger partial charge on any atom is 0.416 e. The van der Waals surface area contributed by atoms with Crippen molar-refractivity contribution in [3.05, 3.63) is 33.9 Å². The van der Waals surface area contributed by atoms with Crippen LogP contribution < -0.4 is 10.6 Å². The molecule has 0 unspecified atom stereocenters. The van der Waals surface area contributed by atoms with Gasteiger partial charge in [0.05, 0.1) is 10.5 Å². The van der Waals surface area contributed by atoms with Crippen molar-refractivity contribution in [3.63, 3.8) is 0 Å². The second-order valence-corrected chi connectivity index (χ2v) is 5.12. The van der Waals surface area contributed by atoms with Crippen LogP contribution in [0.2, 0.25) is 0 Å². The third-order valence-electron chi connectivity index (χ3n) is 3.65. The number of anilines is 1. The number of alkyl halides is 3. The van der Waals surface area contributed by atoms with Crippen LogP contribution in [0.4, 0.5) is 29.3 Å². The molecule has 0 atom stereocenters. The smallest absolute Gasteiger partial charge is 0.364 e. The Balaban J connectivity index is 2.31. The Hall–Kier alpha value is -2.52. The number of hydrogen-bond acceptors (Lipinski definition) is 4. The third kappa shape index (κ3) is 3.82. The Bertz CT molecular complexity index is 621. The van der Waals surface area contributed by atoms with Crippen LogP contribution in [0.5, 0.6) is 0 Å². The molecule has 2 amide bonds. The number of benzene rings is 1. The van der Waals surface area contributed by atoms with Crippen molar-refractivity contribution >= 4 is 17.4 Å². The predicted octanol–water partition coefficient (Wildman–Crippen LogP) is 2.20. The van der Waals surface area contributed by atoms with Crippen LogP contribution in [-0.2, 0) is 6.18 Å². The molecule has 2 rings (SSSR count). The van der Waals surface area contributed by atoms with Gasteiger partial charge >= 0.3 is 12.2 Å². The zero-order chi connectivity index (χ0) is 17.2. The predicted molar refractivity (Wildman–Crippen MR) is 76.1 cm³/mol. The lowest BCUT2D eigenvalue weighted by atomic mass is 10.1. The van der Waals surface area contributed by atoms with Gasteiger partial charge in [-0.1, -0.05) is 0 Å². The molecule has 0 saturated carbocycles. The van der Waals surface area contributed by atoms with Gasteiger partial charge in [0.25, 0.3) is 5.69 Å². The highest BCUT2D eigenvalue weighted by Gasteiger charge is 2.34. The van der Waals surface area contributed by atoms with Crippen LogP contribution in [0.1, 0.15) is 12.0 Å². The number of carbonyl (C=O) groups excluding carboxylic acids is 1. The van der Waals surface area contributed by atoms with E-state index in [0.717, 1.165) is 12.1 Å². The number of nitrogens with zero attached hydrogens (tertiary/aromatic N) is 3. The molecule has 0 spiro atoms. The van der Waals surface area contributed by atoms with Gasteiger partial charge in [-0.2, -0.15) is 13.2 Å². The first kappa shape index (κ1) is 16.8. The summed E-state index contributed by atoms with van der Waals surface area (Å²) >= 11 is 0. The molecule has 10 heteroatoms. The van der Waals surface area contributed by atoms with E-state index in [1.165, 1.54) is 4.90 Å². The molecule has 1 aromatic carbocycles. The lowest BCUT2D eigenvalue weighted by Gasteiger charge is -2.23. The van der Waals surface area contributed by atoms with E-state index in [1.54, 1.807) is 4.90 Å². The Morgan fingerprint density at radius 3 is 2.48 bits per heavy atom. The normalized spacial score (nSPS) is 16.1. The van der Waals surface area contributed by atoms with Crippen molar-refractivity contribution in [1.29, 1.82) is 0 Å². The molecule has 0 radical (unpaired) electrons. The van der Waals surface area contributed by atoms with E-state index < -0.39 is 28.4 Å². The van der Waals surface area contributed by atoms with E-state index in [4.69, 9.17) is 5.73 Å². The fraction of sp³-hybridized carbons (Fsp3) is 0.462. The average Bonchev–Trinajstić information content (AvgIpc) is 2.71. The topological polar surface area (TPSA) is 92.7 Å². The van der Waals surface area contributed by atoms with Gasteiger partial charge in [0.2, 0.25) is 0 Å². The zero-order valence-corrected chi connectivity index (χ0v) is 12.0. The minimum Gasteiger partial charge on any atom is -0.364 e. The maximum atomic E-state index is 12.7. The molecule has 7 nitrogen and oxygen atoms in total. The standard InChI is InChI=1S/C13H15F3N4O3/c14-13(15,16)9-2-3-10(11(8-9)20(22)23)18-4-1-5-19(7-6-18)12(17)21/h2-3,8H,1,4-7H2,(H2,17,21). The highest BCUT2D eigenvalue weighted by Crippen LogP contribution is 2.36. The Morgan fingerprint density at radius 2 is 1.91 bits per heavy atom. The lowest BCUT2D eigenvalue weighted by Crippen LogP contribution is -2.38. The minimum absolute atomic E-state index is 0.106. The number of rotatable bonds is 2. The van der Waals surface area contributed by atoms with Gasteiger partial charge in [-0.15, -0.1) is 0 Å². The summed E-state index contributed by atoms with van der Waals surface area (Å²) in [6.45, 7) is 1.30. The molecule has 0 aromatic heterocycles. The molecule has 1 aliphatic heterocycles. The van der Waals surface area contributed by atoms with Crippen LogP contribution >= 0.6 is 0 Å². The summed E-state index contributed by atoms with van der Waals surface area (Å²) in [5.41, 5.74) is 3.64. The van der Waals surface area contributed by atoms with Crippen molar-refractivity contribution in [2.75, 3.05) is 31.1 Å². The molecule has 1 aromatic rings. The number of nitro benzene ring substituents is 1. The number of amides is 2. The van der Waals surface area contributed by atoms with Gasteiger partial charge in [-0.25, -0.2) is 4.79 Å². The summed E-state index contributed by atoms with van der Waals surface area (Å²) in [5.74, 6) is 0. The molecular weight excluding hydrogens is 317 g/mol. The summed E-state index contributed by atoms with van der Waals surface area (Å²) in [6.07, 6.45) is -4.13. The SMILES string of the molecule is NC(=O)N1CCCN(c2ccc(C(F)(F)F)cc2[N+](=O)[O-])CC1. The zero-order valence-electron chi connectivity index (χ0n) is 12.0. The molecule has 126 valence electrons. The Morgan fingerprint density at radius 1 is 1.22 bits per heavy atom. The largest absolute Gasteiger partial charge is 0.416 e. The summed E-state index contributed by atoms with van der Waals surface area (Å²) in [7, 11) is 0. The fourth-order valence-electron chi connectivity index (χ4n) is 2.49. The second-order valence-electron chi connectivity index (χ2n) is 5.12. The van der Waals surface area contributed by atoms with Crippen molar-refractivity contribution < 1.29 is 22.9 Å². The van der Waals surface area contributed by atoms with Gasteiger partial charge in [0.15, 0.2) is 0 Å². The van der Waals surface area contributed by atoms with Crippen molar-refractivity contribution in [3.8, 4) is 0 Å². The number of carbonyl (C=O) groups is 1. The Labute approximate surface area is 129 Å². The summed E-state index contributed by atoms with van der Waals surface area (Å²) < 4.78 is 38.1. The highest BCUT2D eigenvalue weighted by atomic mass is 19.4. The van der Waals surface area contributed by atoms with Gasteiger partial charge in [0.1, 0.15) is 5.69 Å². The summed E-state index contributed by atoms with van der Waals surface area (Å²) in [5, 5.41) is 11.1. The maximum absolute atomic E-state index is 12.7. The highest BCUT2D eigenvalue weighted by molar-refractivity contribution is 5.72. The number of nitrogens with two attached hydrogens (primary N) is 1. The summed E-state index contributed by atoms with van der Waals surface area (Å²) in [4.78, 5) is 24.5. The van der Waals surface area contributed by atoms with E-state index in [-0.39, 0.29) is 18.8 Å². The third-order valence-corrected chi connectivity index (χ3v) is 3.65. The van der Waals surface area contributed by atoms with Crippen LogP contribution in [-0.4, -0.2) is 42.0 Å². The number of primary amides is 1. The van der Waals surface area contributed by atoms with Crippen LogP contribution in [0, 0.1) is 10.1 Å². The number of halogens is 3. The quantitative estimate of drug-likeness (QED) is 0.664. The average molecular weight is 332 g/mol. The van der Waals surface area contributed by atoms with E-state index in [0.29, 0.717) is 25.6 Å². The van der Waals surface area contributed by atoms with Crippen LogP contribution in [0.25, 0.3) is 0 Å². The molecular formula is C13H15F3N4O3. The first-order valence-corrected chi connectivity index (χ1v) is 6.85. The Kier molecular flexibility index (Phi) is 4.62. The monoisotopic (exact) mass is 332 g/mol. The minimum atomic E-state index is -4.65. The first-order chi connectivity index (χ1) is 10.7. The summed E-state index contributed by atoms with van der Waals surface area (Å²) in [6, 6.07) is 1.86. The number of nitro groups is 1. The first-order valence-electron chi connectivity index (χ1n) is 6.85. The van der Waals surface area contributed by atoms with Crippen LogP contribution in [0.15, 0.2) is 18.2 Å². The molecule has 1 saturated heterocycles. The molecule has 0 aliphatic carbocycles. The van der Waals surface area contributed by atoms with Gasteiger partial charge < -0.3 is 15.5 Å². The van der Waals surface area contributed by atoms with Crippen LogP contribution in [0.3, 0.4) is 0 Å². The van der Waals surface area contributed by atoms with E-state index >= 15 is 0 Å². The molecule has 0 bridgehead atoms. The molecule has 1 aliphatic rings. The second kappa shape index (κ2) is 6.31. The van der Waals surface area contributed by atoms with Crippen molar-refractivity contribution in [2.45, 2.75) is 12.6 Å². The number of hydrogen-bond donors (Lipinski definition) is 1. The fourth-order valence-corrected chi connectivity index (χ4v) is 2.49. The van der Waals surface area contributed by atoms with Crippen molar-refractivity contribution in [1.82, 2.24) is 4.90 Å². The van der Waals surface area contributed by atoms with E-state index in [1.807, 2.05) is 0 Å². The molecule has 23 heavy (non-hydrogen) atoms.